The van der Waals surface area contributed by atoms with Crippen molar-refractivity contribution in [1.82, 2.24) is 4.90 Å². The van der Waals surface area contributed by atoms with Gasteiger partial charge in [0.25, 0.3) is 11.7 Å². The molecule has 1 aromatic carbocycles. The highest BCUT2D eigenvalue weighted by Crippen LogP contribution is 2.42. The molecule has 8 heteroatoms. The van der Waals surface area contributed by atoms with E-state index in [2.05, 4.69) is 0 Å². The first-order valence-corrected chi connectivity index (χ1v) is 9.90. The van der Waals surface area contributed by atoms with Gasteiger partial charge in [0, 0.05) is 30.2 Å². The fraction of sp³-hybridized carbons (Fsp3) is 0.300. The number of ether oxygens (including phenoxy) is 2. The summed E-state index contributed by atoms with van der Waals surface area (Å²) in [6, 6.07) is 7.76. The standard InChI is InChI=1S/C20H20ClNO5S/c1-26-9-4-8-22-17(15-5-3-10-28-15)16(19(24)20(22)25)18(23)13-11-12(21)6-7-14(13)27-2/h3,5-7,10-11,17,23H,4,8-9H2,1-2H3/b18-16-. The van der Waals surface area contributed by atoms with Crippen LogP contribution in [0.2, 0.25) is 5.02 Å². The van der Waals surface area contributed by atoms with Crippen LogP contribution in [0.4, 0.5) is 0 Å². The van der Waals surface area contributed by atoms with Crippen LogP contribution < -0.4 is 4.74 Å². The van der Waals surface area contributed by atoms with Crippen molar-refractivity contribution in [2.75, 3.05) is 27.4 Å². The Balaban J connectivity index is 2.14. The van der Waals surface area contributed by atoms with Gasteiger partial charge in [-0.3, -0.25) is 9.59 Å². The van der Waals surface area contributed by atoms with Gasteiger partial charge in [-0.05, 0) is 36.1 Å². The largest absolute Gasteiger partial charge is 0.507 e. The number of aliphatic hydroxyl groups excluding tert-OH is 1. The minimum atomic E-state index is -0.727. The van der Waals surface area contributed by atoms with E-state index in [0.717, 1.165) is 4.88 Å². The molecule has 0 saturated carbocycles. The van der Waals surface area contributed by atoms with Crippen molar-refractivity contribution in [3.8, 4) is 5.75 Å². The highest BCUT2D eigenvalue weighted by molar-refractivity contribution is 7.10. The van der Waals surface area contributed by atoms with Crippen LogP contribution in [0.25, 0.3) is 5.76 Å². The zero-order valence-corrected chi connectivity index (χ0v) is 17.0. The zero-order valence-electron chi connectivity index (χ0n) is 15.5. The van der Waals surface area contributed by atoms with Crippen LogP contribution >= 0.6 is 22.9 Å². The lowest BCUT2D eigenvalue weighted by molar-refractivity contribution is -0.140. The summed E-state index contributed by atoms with van der Waals surface area (Å²) in [5, 5.41) is 13.3. The monoisotopic (exact) mass is 421 g/mol. The van der Waals surface area contributed by atoms with Gasteiger partial charge in [-0.2, -0.15) is 0 Å². The number of hydrogen-bond donors (Lipinski definition) is 1. The van der Waals surface area contributed by atoms with E-state index in [-0.39, 0.29) is 16.9 Å². The lowest BCUT2D eigenvalue weighted by Crippen LogP contribution is -2.31. The minimum absolute atomic E-state index is 0.0328. The van der Waals surface area contributed by atoms with E-state index in [1.54, 1.807) is 19.2 Å². The van der Waals surface area contributed by atoms with Gasteiger partial charge in [-0.25, -0.2) is 0 Å². The number of ketones is 1. The summed E-state index contributed by atoms with van der Waals surface area (Å²) in [6.07, 6.45) is 0.575. The first-order chi connectivity index (χ1) is 13.5. The number of nitrogens with zero attached hydrogens (tertiary/aromatic N) is 1. The van der Waals surface area contributed by atoms with Crippen LogP contribution in [-0.4, -0.2) is 49.1 Å². The molecule has 3 rings (SSSR count). The number of methoxy groups -OCH3 is 2. The van der Waals surface area contributed by atoms with Gasteiger partial charge in [0.1, 0.15) is 11.5 Å². The molecule has 0 aliphatic carbocycles. The molecule has 1 N–H and O–H groups in total. The summed E-state index contributed by atoms with van der Waals surface area (Å²) >= 11 is 7.49. The molecule has 1 aliphatic rings. The number of aliphatic hydroxyl groups is 1. The molecule has 1 saturated heterocycles. The summed E-state index contributed by atoms with van der Waals surface area (Å²) in [6.45, 7) is 0.798. The number of thiophene rings is 1. The third-order valence-corrected chi connectivity index (χ3v) is 5.68. The van der Waals surface area contributed by atoms with Crippen LogP contribution in [0, 0.1) is 0 Å². The Hall–Kier alpha value is -2.35. The molecule has 2 aromatic rings. The predicted octanol–water partition coefficient (Wildman–Crippen LogP) is 3.87. The van der Waals surface area contributed by atoms with Crippen molar-refractivity contribution >= 4 is 40.4 Å². The van der Waals surface area contributed by atoms with Gasteiger partial charge in [-0.1, -0.05) is 17.7 Å². The van der Waals surface area contributed by atoms with E-state index >= 15 is 0 Å². The normalized spacial score (nSPS) is 18.7. The van der Waals surface area contributed by atoms with E-state index in [4.69, 9.17) is 21.1 Å². The third kappa shape index (κ3) is 3.78. The molecule has 1 unspecified atom stereocenters. The van der Waals surface area contributed by atoms with Crippen molar-refractivity contribution in [1.29, 1.82) is 0 Å². The maximum Gasteiger partial charge on any atom is 0.295 e. The van der Waals surface area contributed by atoms with Crippen LogP contribution in [-0.2, 0) is 14.3 Å². The number of likely N-dealkylation sites (tertiary alicyclic amines) is 1. The molecule has 1 aromatic heterocycles. The molecule has 2 heterocycles. The van der Waals surface area contributed by atoms with Crippen LogP contribution in [0.15, 0.2) is 41.3 Å². The molecule has 6 nitrogen and oxygen atoms in total. The highest BCUT2D eigenvalue weighted by atomic mass is 35.5. The molecular weight excluding hydrogens is 402 g/mol. The molecule has 1 fully saturated rings. The van der Waals surface area contributed by atoms with Crippen LogP contribution in [0.5, 0.6) is 5.75 Å². The van der Waals surface area contributed by atoms with Gasteiger partial charge in [0.15, 0.2) is 0 Å². The molecule has 1 aliphatic heterocycles. The van der Waals surface area contributed by atoms with Crippen molar-refractivity contribution in [3.05, 3.63) is 56.7 Å². The number of benzene rings is 1. The zero-order chi connectivity index (χ0) is 20.3. The molecule has 1 atom stereocenters. The van der Waals surface area contributed by atoms with Crippen LogP contribution in [0.1, 0.15) is 22.9 Å². The summed E-state index contributed by atoms with van der Waals surface area (Å²) in [5.74, 6) is -1.31. The van der Waals surface area contributed by atoms with Gasteiger partial charge < -0.3 is 19.5 Å². The molecule has 148 valence electrons. The molecule has 0 bridgehead atoms. The third-order valence-electron chi connectivity index (χ3n) is 4.52. The average molecular weight is 422 g/mol. The number of rotatable bonds is 7. The molecule has 0 spiro atoms. The Kier molecular flexibility index (Phi) is 6.39. The Bertz CT molecular complexity index is 909. The second kappa shape index (κ2) is 8.77. The predicted molar refractivity (Wildman–Crippen MR) is 108 cm³/mol. The lowest BCUT2D eigenvalue weighted by Gasteiger charge is -2.24. The highest BCUT2D eigenvalue weighted by Gasteiger charge is 2.46. The molecule has 1 amide bonds. The maximum atomic E-state index is 12.8. The number of carbonyl (C=O) groups excluding carboxylic acids is 2. The quantitative estimate of drug-likeness (QED) is 0.318. The summed E-state index contributed by atoms with van der Waals surface area (Å²) in [7, 11) is 3.04. The van der Waals surface area contributed by atoms with Crippen molar-refractivity contribution in [2.24, 2.45) is 0 Å². The number of carbonyl (C=O) groups is 2. The van der Waals surface area contributed by atoms with Crippen LogP contribution in [0.3, 0.4) is 0 Å². The fourth-order valence-electron chi connectivity index (χ4n) is 3.24. The number of Topliss-reactive ketones (excluding diaryl/α,β-unsaturated/α-hetero) is 1. The SMILES string of the molecule is COCCCN1C(=O)C(=O)/C(=C(\O)c2cc(Cl)ccc2OC)C1c1cccs1. The van der Waals surface area contributed by atoms with E-state index < -0.39 is 17.7 Å². The van der Waals surface area contributed by atoms with Gasteiger partial charge in [0.2, 0.25) is 0 Å². The first kappa shape index (κ1) is 20.4. The second-order valence-corrected chi connectivity index (χ2v) is 7.61. The van der Waals surface area contributed by atoms with Crippen molar-refractivity contribution in [3.63, 3.8) is 0 Å². The van der Waals surface area contributed by atoms with E-state index in [1.165, 1.54) is 29.4 Å². The smallest absolute Gasteiger partial charge is 0.295 e. The maximum absolute atomic E-state index is 12.8. The lowest BCUT2D eigenvalue weighted by atomic mass is 9.99. The molecule has 28 heavy (non-hydrogen) atoms. The summed E-state index contributed by atoms with van der Waals surface area (Å²) in [4.78, 5) is 27.8. The van der Waals surface area contributed by atoms with Gasteiger partial charge >= 0.3 is 0 Å². The van der Waals surface area contributed by atoms with Crippen molar-refractivity contribution in [2.45, 2.75) is 12.5 Å². The average Bonchev–Trinajstić information content (AvgIpc) is 3.30. The number of hydrogen-bond acceptors (Lipinski definition) is 6. The summed E-state index contributed by atoms with van der Waals surface area (Å²) < 4.78 is 10.4. The minimum Gasteiger partial charge on any atom is -0.507 e. The van der Waals surface area contributed by atoms with Gasteiger partial charge in [-0.15, -0.1) is 11.3 Å². The van der Waals surface area contributed by atoms with E-state index in [0.29, 0.717) is 30.3 Å². The topological polar surface area (TPSA) is 76.1 Å². The first-order valence-electron chi connectivity index (χ1n) is 8.64. The van der Waals surface area contributed by atoms with E-state index in [9.17, 15) is 14.7 Å². The van der Waals surface area contributed by atoms with Crippen molar-refractivity contribution < 1.29 is 24.2 Å². The second-order valence-electron chi connectivity index (χ2n) is 6.20. The molecule has 0 radical (unpaired) electrons. The number of halogens is 1. The Morgan fingerprint density at radius 2 is 2.07 bits per heavy atom. The molecular formula is C20H20ClNO5S. The number of amides is 1. The Labute approximate surface area is 171 Å². The van der Waals surface area contributed by atoms with E-state index in [1.807, 2.05) is 17.5 Å². The Morgan fingerprint density at radius 3 is 2.71 bits per heavy atom. The Morgan fingerprint density at radius 1 is 1.29 bits per heavy atom. The fourth-order valence-corrected chi connectivity index (χ4v) is 4.26. The summed E-state index contributed by atoms with van der Waals surface area (Å²) in [5.41, 5.74) is 0.303. The van der Waals surface area contributed by atoms with Gasteiger partial charge in [0.05, 0.1) is 24.3 Å².